The fraction of sp³-hybridized carbons (Fsp3) is 0.680. The first kappa shape index (κ1) is 22.1. The molecular formula is C25H39N5O. The van der Waals surface area contributed by atoms with Crippen molar-refractivity contribution in [2.75, 3.05) is 18.4 Å². The molecule has 1 aliphatic carbocycles. The molecule has 3 N–H and O–H groups in total. The number of aromatic amines is 1. The quantitative estimate of drug-likeness (QED) is 0.584. The first-order valence-electron chi connectivity index (χ1n) is 12.2. The Morgan fingerprint density at radius 1 is 1.03 bits per heavy atom. The molecule has 2 fully saturated rings. The molecule has 0 radical (unpaired) electrons. The van der Waals surface area contributed by atoms with Gasteiger partial charge in [0, 0.05) is 17.8 Å². The summed E-state index contributed by atoms with van der Waals surface area (Å²) in [5.74, 6) is 1.14. The van der Waals surface area contributed by atoms with Gasteiger partial charge in [-0.3, -0.25) is 10.2 Å². The van der Waals surface area contributed by atoms with Crippen LogP contribution in [0.25, 0.3) is 11.0 Å². The lowest BCUT2D eigenvalue weighted by molar-refractivity contribution is 0.102. The van der Waals surface area contributed by atoms with Gasteiger partial charge in [-0.15, -0.1) is 0 Å². The standard InChI is InChI=1S/C25H39N5O/c1-25(2,3)30-15-13-18(14-16-30)20-17-26-21-11-12-22(28-23(20)21)29-24(31)27-19-9-7-5-4-6-8-10-19/h11-12,17-19,26H,4-10,13-16H2,1-3H3,(H2,27,28,29,31). The van der Waals surface area contributed by atoms with E-state index in [2.05, 4.69) is 47.5 Å². The van der Waals surface area contributed by atoms with Crippen molar-refractivity contribution in [2.45, 2.75) is 96.1 Å². The molecule has 6 nitrogen and oxygen atoms in total. The minimum Gasteiger partial charge on any atom is -0.360 e. The molecule has 0 aromatic carbocycles. The Labute approximate surface area is 186 Å². The lowest BCUT2D eigenvalue weighted by Gasteiger charge is -2.40. The highest BCUT2D eigenvalue weighted by atomic mass is 16.2. The number of rotatable bonds is 3. The molecular weight excluding hydrogens is 386 g/mol. The van der Waals surface area contributed by atoms with Gasteiger partial charge in [0.25, 0.3) is 0 Å². The first-order chi connectivity index (χ1) is 14.9. The smallest absolute Gasteiger partial charge is 0.320 e. The van der Waals surface area contributed by atoms with Gasteiger partial charge in [-0.05, 0) is 83.2 Å². The van der Waals surface area contributed by atoms with E-state index in [1.807, 2.05) is 12.1 Å². The van der Waals surface area contributed by atoms with Crippen molar-refractivity contribution >= 4 is 22.9 Å². The van der Waals surface area contributed by atoms with Crippen LogP contribution in [-0.2, 0) is 0 Å². The van der Waals surface area contributed by atoms with Crippen molar-refractivity contribution in [3.05, 3.63) is 23.9 Å². The van der Waals surface area contributed by atoms with Crippen LogP contribution in [0.2, 0.25) is 0 Å². The molecule has 0 atom stereocenters. The summed E-state index contributed by atoms with van der Waals surface area (Å²) in [7, 11) is 0. The summed E-state index contributed by atoms with van der Waals surface area (Å²) in [4.78, 5) is 23.4. The second-order valence-corrected chi connectivity index (χ2v) is 10.4. The van der Waals surface area contributed by atoms with E-state index in [-0.39, 0.29) is 17.6 Å². The van der Waals surface area contributed by atoms with Crippen molar-refractivity contribution in [3.8, 4) is 0 Å². The minimum atomic E-state index is -0.131. The Morgan fingerprint density at radius 3 is 2.39 bits per heavy atom. The van der Waals surface area contributed by atoms with Crippen LogP contribution in [0.1, 0.15) is 90.0 Å². The first-order valence-corrected chi connectivity index (χ1v) is 12.2. The predicted octanol–water partition coefficient (Wildman–Crippen LogP) is 5.78. The average molecular weight is 426 g/mol. The van der Waals surface area contributed by atoms with Crippen LogP contribution in [0, 0.1) is 0 Å². The maximum absolute atomic E-state index is 12.6. The van der Waals surface area contributed by atoms with Crippen LogP contribution in [0.3, 0.4) is 0 Å². The predicted molar refractivity (Wildman–Crippen MR) is 128 cm³/mol. The number of carbonyl (C=O) groups excluding carboxylic acids is 1. The van der Waals surface area contributed by atoms with Crippen molar-refractivity contribution in [3.63, 3.8) is 0 Å². The molecule has 1 saturated carbocycles. The molecule has 2 aromatic heterocycles. The fourth-order valence-corrected chi connectivity index (χ4v) is 5.20. The molecule has 6 heteroatoms. The molecule has 4 rings (SSSR count). The van der Waals surface area contributed by atoms with E-state index >= 15 is 0 Å². The highest BCUT2D eigenvalue weighted by molar-refractivity contribution is 5.90. The summed E-state index contributed by atoms with van der Waals surface area (Å²) in [6.07, 6.45) is 12.9. The van der Waals surface area contributed by atoms with Crippen LogP contribution in [0.5, 0.6) is 0 Å². The van der Waals surface area contributed by atoms with Crippen molar-refractivity contribution < 1.29 is 4.79 Å². The van der Waals surface area contributed by atoms with E-state index < -0.39 is 0 Å². The molecule has 170 valence electrons. The number of likely N-dealkylation sites (tertiary alicyclic amines) is 1. The number of hydrogen-bond donors (Lipinski definition) is 3. The Morgan fingerprint density at radius 2 is 1.71 bits per heavy atom. The fourth-order valence-electron chi connectivity index (χ4n) is 5.20. The van der Waals surface area contributed by atoms with Gasteiger partial charge < -0.3 is 10.3 Å². The minimum absolute atomic E-state index is 0.131. The van der Waals surface area contributed by atoms with Crippen molar-refractivity contribution in [1.82, 2.24) is 20.2 Å². The third kappa shape index (κ3) is 5.59. The number of anilines is 1. The SMILES string of the molecule is CC(C)(C)N1CCC(c2c[nH]c3ccc(NC(=O)NC4CCCCCCC4)nc23)CC1. The summed E-state index contributed by atoms with van der Waals surface area (Å²) in [6.45, 7) is 9.10. The second-order valence-electron chi connectivity index (χ2n) is 10.4. The van der Waals surface area contributed by atoms with E-state index in [4.69, 9.17) is 4.98 Å². The van der Waals surface area contributed by atoms with Gasteiger partial charge in [0.2, 0.25) is 0 Å². The Bertz CT molecular complexity index is 868. The van der Waals surface area contributed by atoms with E-state index in [1.165, 1.54) is 37.7 Å². The van der Waals surface area contributed by atoms with Gasteiger partial charge in [-0.1, -0.05) is 32.1 Å². The van der Waals surface area contributed by atoms with Gasteiger partial charge in [-0.2, -0.15) is 0 Å². The van der Waals surface area contributed by atoms with Crippen LogP contribution in [-0.4, -0.2) is 45.6 Å². The highest BCUT2D eigenvalue weighted by Crippen LogP contribution is 2.34. The number of H-pyrrole nitrogens is 1. The molecule has 2 amide bonds. The Kier molecular flexibility index (Phi) is 6.85. The summed E-state index contributed by atoms with van der Waals surface area (Å²) < 4.78 is 0. The summed E-state index contributed by atoms with van der Waals surface area (Å²) >= 11 is 0. The highest BCUT2D eigenvalue weighted by Gasteiger charge is 2.29. The zero-order chi connectivity index (χ0) is 21.8. The monoisotopic (exact) mass is 425 g/mol. The van der Waals surface area contributed by atoms with Crippen LogP contribution in [0.4, 0.5) is 10.6 Å². The van der Waals surface area contributed by atoms with Crippen LogP contribution >= 0.6 is 0 Å². The molecule has 3 heterocycles. The summed E-state index contributed by atoms with van der Waals surface area (Å²) in [5.41, 5.74) is 3.55. The zero-order valence-electron chi connectivity index (χ0n) is 19.5. The van der Waals surface area contributed by atoms with Crippen LogP contribution < -0.4 is 10.6 Å². The van der Waals surface area contributed by atoms with Crippen molar-refractivity contribution in [2.24, 2.45) is 0 Å². The number of nitrogens with one attached hydrogen (secondary N) is 3. The van der Waals surface area contributed by atoms with E-state index in [0.29, 0.717) is 11.7 Å². The molecule has 1 saturated heterocycles. The normalized spacial score (nSPS) is 20.4. The van der Waals surface area contributed by atoms with E-state index in [9.17, 15) is 4.79 Å². The Balaban J connectivity index is 1.40. The van der Waals surface area contributed by atoms with Gasteiger partial charge in [0.1, 0.15) is 5.82 Å². The average Bonchev–Trinajstić information content (AvgIpc) is 3.12. The number of fused-ring (bicyclic) bond motifs is 1. The molecule has 2 aliphatic rings. The topological polar surface area (TPSA) is 73.1 Å². The summed E-state index contributed by atoms with van der Waals surface area (Å²) in [6, 6.07) is 4.07. The van der Waals surface area contributed by atoms with E-state index in [1.54, 1.807) is 0 Å². The number of carbonyl (C=O) groups is 1. The van der Waals surface area contributed by atoms with E-state index in [0.717, 1.165) is 49.8 Å². The number of amides is 2. The van der Waals surface area contributed by atoms with Crippen LogP contribution in [0.15, 0.2) is 18.3 Å². The lowest BCUT2D eigenvalue weighted by Crippen LogP contribution is -2.45. The second kappa shape index (κ2) is 9.60. The van der Waals surface area contributed by atoms with Gasteiger partial charge in [0.05, 0.1) is 11.0 Å². The Hall–Kier alpha value is -2.08. The zero-order valence-corrected chi connectivity index (χ0v) is 19.5. The third-order valence-corrected chi connectivity index (χ3v) is 7.12. The number of aromatic nitrogens is 2. The number of piperidine rings is 1. The maximum atomic E-state index is 12.6. The number of nitrogens with zero attached hydrogens (tertiary/aromatic N) is 2. The van der Waals surface area contributed by atoms with Crippen molar-refractivity contribution in [1.29, 1.82) is 0 Å². The lowest BCUT2D eigenvalue weighted by atomic mass is 9.88. The number of pyridine rings is 1. The van der Waals surface area contributed by atoms with Gasteiger partial charge >= 0.3 is 6.03 Å². The molecule has 0 bridgehead atoms. The third-order valence-electron chi connectivity index (χ3n) is 7.12. The summed E-state index contributed by atoms with van der Waals surface area (Å²) in [5, 5.41) is 6.15. The molecule has 0 spiro atoms. The van der Waals surface area contributed by atoms with Gasteiger partial charge in [-0.25, -0.2) is 9.78 Å². The molecule has 0 unspecified atom stereocenters. The number of hydrogen-bond acceptors (Lipinski definition) is 3. The maximum Gasteiger partial charge on any atom is 0.320 e. The molecule has 2 aromatic rings. The number of urea groups is 1. The van der Waals surface area contributed by atoms with Gasteiger partial charge in [0.15, 0.2) is 0 Å². The molecule has 1 aliphatic heterocycles. The largest absolute Gasteiger partial charge is 0.360 e. The molecule has 31 heavy (non-hydrogen) atoms.